The van der Waals surface area contributed by atoms with E-state index in [1.54, 1.807) is 38.6 Å². The maximum Gasteiger partial charge on any atom is 0.228 e. The lowest BCUT2D eigenvalue weighted by molar-refractivity contribution is -0.115. The molecule has 0 unspecified atom stereocenters. The molecule has 0 fully saturated rings. The number of nitrogens with one attached hydrogen (secondary N) is 1. The molecule has 1 aromatic heterocycles. The summed E-state index contributed by atoms with van der Waals surface area (Å²) in [5, 5.41) is 2.89. The van der Waals surface area contributed by atoms with E-state index in [-0.39, 0.29) is 12.3 Å². The Morgan fingerprint density at radius 2 is 1.82 bits per heavy atom. The van der Waals surface area contributed by atoms with E-state index >= 15 is 0 Å². The van der Waals surface area contributed by atoms with Crippen molar-refractivity contribution in [3.8, 4) is 17.2 Å². The van der Waals surface area contributed by atoms with Crippen LogP contribution in [-0.4, -0.2) is 25.1 Å². The smallest absolute Gasteiger partial charge is 0.228 e. The second kappa shape index (κ2) is 9.41. The largest absolute Gasteiger partial charge is 0.493 e. The number of amides is 1. The number of aromatic nitrogens is 1. The molecule has 6 nitrogen and oxygen atoms in total. The maximum atomic E-state index is 12.4. The zero-order valence-corrected chi connectivity index (χ0v) is 15.8. The molecule has 0 aliphatic rings. The molecule has 0 atom stereocenters. The van der Waals surface area contributed by atoms with E-state index < -0.39 is 0 Å². The lowest BCUT2D eigenvalue weighted by Crippen LogP contribution is -2.14. The van der Waals surface area contributed by atoms with Gasteiger partial charge in [-0.3, -0.25) is 9.78 Å². The molecule has 0 saturated carbocycles. The molecule has 0 bridgehead atoms. The second-order valence-electron chi connectivity index (χ2n) is 6.05. The number of pyridine rings is 1. The van der Waals surface area contributed by atoms with Crippen LogP contribution in [0.3, 0.4) is 0 Å². The molecule has 2 aromatic carbocycles. The first kappa shape index (κ1) is 19.2. The van der Waals surface area contributed by atoms with Gasteiger partial charge in [-0.25, -0.2) is 0 Å². The van der Waals surface area contributed by atoms with E-state index in [0.29, 0.717) is 29.5 Å². The first-order chi connectivity index (χ1) is 13.7. The topological polar surface area (TPSA) is 69.7 Å². The van der Waals surface area contributed by atoms with Crippen molar-refractivity contribution >= 4 is 11.6 Å². The van der Waals surface area contributed by atoms with Gasteiger partial charge in [-0.15, -0.1) is 0 Å². The lowest BCUT2D eigenvalue weighted by atomic mass is 10.1. The van der Waals surface area contributed by atoms with Gasteiger partial charge in [0.1, 0.15) is 12.4 Å². The van der Waals surface area contributed by atoms with Crippen molar-refractivity contribution in [2.45, 2.75) is 13.0 Å². The summed E-state index contributed by atoms with van der Waals surface area (Å²) in [7, 11) is 3.14. The molecule has 144 valence electrons. The highest BCUT2D eigenvalue weighted by atomic mass is 16.5. The van der Waals surface area contributed by atoms with E-state index in [1.165, 1.54) is 0 Å². The summed E-state index contributed by atoms with van der Waals surface area (Å²) < 4.78 is 16.2. The molecule has 0 saturated heterocycles. The predicted molar refractivity (Wildman–Crippen MR) is 107 cm³/mol. The highest BCUT2D eigenvalue weighted by Gasteiger charge is 2.09. The summed E-state index contributed by atoms with van der Waals surface area (Å²) in [4.78, 5) is 16.6. The van der Waals surface area contributed by atoms with E-state index in [2.05, 4.69) is 10.3 Å². The van der Waals surface area contributed by atoms with Crippen LogP contribution >= 0.6 is 0 Å². The Labute approximate surface area is 164 Å². The van der Waals surface area contributed by atoms with Crippen molar-refractivity contribution in [2.75, 3.05) is 19.5 Å². The van der Waals surface area contributed by atoms with Crippen molar-refractivity contribution in [1.29, 1.82) is 0 Å². The SMILES string of the molecule is COc1ccc(CC(=O)Nc2cccc(OCc3ccccn3)c2)cc1OC. The Kier molecular flexibility index (Phi) is 6.46. The Hall–Kier alpha value is -3.54. The summed E-state index contributed by atoms with van der Waals surface area (Å²) in [5.74, 6) is 1.76. The fourth-order valence-electron chi connectivity index (χ4n) is 2.69. The molecule has 1 N–H and O–H groups in total. The number of hydrogen-bond donors (Lipinski definition) is 1. The van der Waals surface area contributed by atoms with Crippen molar-refractivity contribution in [2.24, 2.45) is 0 Å². The molecule has 6 heteroatoms. The molecule has 1 heterocycles. The fraction of sp³-hybridized carbons (Fsp3) is 0.182. The van der Waals surface area contributed by atoms with E-state index in [9.17, 15) is 4.79 Å². The zero-order valence-electron chi connectivity index (χ0n) is 15.8. The number of anilines is 1. The molecular weight excluding hydrogens is 356 g/mol. The van der Waals surface area contributed by atoms with Crippen LogP contribution in [0, 0.1) is 0 Å². The first-order valence-corrected chi connectivity index (χ1v) is 8.81. The van der Waals surface area contributed by atoms with Gasteiger partial charge in [0.25, 0.3) is 0 Å². The van der Waals surface area contributed by atoms with E-state index in [4.69, 9.17) is 14.2 Å². The van der Waals surface area contributed by atoms with Crippen LogP contribution in [-0.2, 0) is 17.8 Å². The summed E-state index contributed by atoms with van der Waals surface area (Å²) in [6, 6.07) is 18.4. The van der Waals surface area contributed by atoms with Gasteiger partial charge in [0, 0.05) is 18.0 Å². The standard InChI is InChI=1S/C22H22N2O4/c1-26-20-10-9-16(12-21(20)27-2)13-22(25)24-17-7-5-8-19(14-17)28-15-18-6-3-4-11-23-18/h3-12,14H,13,15H2,1-2H3,(H,24,25). The molecule has 28 heavy (non-hydrogen) atoms. The molecule has 0 aliphatic carbocycles. The Morgan fingerprint density at radius 1 is 0.964 bits per heavy atom. The minimum Gasteiger partial charge on any atom is -0.493 e. The monoisotopic (exact) mass is 378 g/mol. The Balaban J connectivity index is 1.59. The van der Waals surface area contributed by atoms with Crippen molar-refractivity contribution in [3.63, 3.8) is 0 Å². The van der Waals surface area contributed by atoms with Crippen LogP contribution in [0.25, 0.3) is 0 Å². The van der Waals surface area contributed by atoms with Crippen LogP contribution in [0.15, 0.2) is 66.9 Å². The number of benzene rings is 2. The quantitative estimate of drug-likeness (QED) is 0.645. The molecule has 0 aliphatic heterocycles. The summed E-state index contributed by atoms with van der Waals surface area (Å²) in [6.07, 6.45) is 1.95. The second-order valence-corrected chi connectivity index (χ2v) is 6.05. The van der Waals surface area contributed by atoms with Gasteiger partial charge in [-0.05, 0) is 42.0 Å². The van der Waals surface area contributed by atoms with Gasteiger partial charge in [0.2, 0.25) is 5.91 Å². The summed E-state index contributed by atoms with van der Waals surface area (Å²) in [5.41, 5.74) is 2.34. The van der Waals surface area contributed by atoms with Crippen LogP contribution in [0.2, 0.25) is 0 Å². The van der Waals surface area contributed by atoms with Gasteiger partial charge in [0.15, 0.2) is 11.5 Å². The number of ether oxygens (including phenoxy) is 3. The third kappa shape index (κ3) is 5.23. The number of carbonyl (C=O) groups is 1. The van der Waals surface area contributed by atoms with Gasteiger partial charge in [0.05, 0.1) is 26.3 Å². The number of carbonyl (C=O) groups excluding carboxylic acids is 1. The Bertz CT molecular complexity index is 929. The van der Waals surface area contributed by atoms with Gasteiger partial charge in [-0.2, -0.15) is 0 Å². The van der Waals surface area contributed by atoms with Crippen molar-refractivity contribution in [3.05, 3.63) is 78.1 Å². The minimum absolute atomic E-state index is 0.130. The lowest BCUT2D eigenvalue weighted by Gasteiger charge is -2.11. The average molecular weight is 378 g/mol. The van der Waals surface area contributed by atoms with Crippen molar-refractivity contribution in [1.82, 2.24) is 4.98 Å². The van der Waals surface area contributed by atoms with E-state index in [1.807, 2.05) is 42.5 Å². The summed E-state index contributed by atoms with van der Waals surface area (Å²) >= 11 is 0. The molecule has 1 amide bonds. The minimum atomic E-state index is -0.130. The first-order valence-electron chi connectivity index (χ1n) is 8.81. The Morgan fingerprint density at radius 3 is 2.57 bits per heavy atom. The van der Waals surface area contributed by atoms with Crippen LogP contribution in [0.5, 0.6) is 17.2 Å². The van der Waals surface area contributed by atoms with Gasteiger partial charge in [-0.1, -0.05) is 18.2 Å². The number of nitrogens with zero attached hydrogens (tertiary/aromatic N) is 1. The molecule has 3 rings (SSSR count). The van der Waals surface area contributed by atoms with Gasteiger partial charge < -0.3 is 19.5 Å². The third-order valence-electron chi connectivity index (χ3n) is 4.04. The fourth-order valence-corrected chi connectivity index (χ4v) is 2.69. The van der Waals surface area contributed by atoms with Crippen molar-refractivity contribution < 1.29 is 19.0 Å². The molecule has 0 spiro atoms. The number of rotatable bonds is 8. The highest BCUT2D eigenvalue weighted by Crippen LogP contribution is 2.28. The van der Waals surface area contributed by atoms with Gasteiger partial charge >= 0.3 is 0 Å². The number of methoxy groups -OCH3 is 2. The average Bonchev–Trinajstić information content (AvgIpc) is 2.73. The maximum absolute atomic E-state index is 12.4. The molecule has 0 radical (unpaired) electrons. The highest BCUT2D eigenvalue weighted by molar-refractivity contribution is 5.92. The number of hydrogen-bond acceptors (Lipinski definition) is 5. The normalized spacial score (nSPS) is 10.2. The molecule has 3 aromatic rings. The van der Waals surface area contributed by atoms with Crippen LogP contribution in [0.4, 0.5) is 5.69 Å². The summed E-state index contributed by atoms with van der Waals surface area (Å²) in [6.45, 7) is 0.365. The van der Waals surface area contributed by atoms with Crippen LogP contribution < -0.4 is 19.5 Å². The predicted octanol–water partition coefficient (Wildman–Crippen LogP) is 3.86. The zero-order chi connectivity index (χ0) is 19.8. The van der Waals surface area contributed by atoms with E-state index in [0.717, 1.165) is 11.3 Å². The third-order valence-corrected chi connectivity index (χ3v) is 4.04. The van der Waals surface area contributed by atoms with Crippen LogP contribution in [0.1, 0.15) is 11.3 Å². The molecular formula is C22H22N2O4.